The molecule has 0 saturated carbocycles. The molecule has 1 aliphatic rings. The number of carbonyl (C=O) groups excluding carboxylic acids is 1. The van der Waals surface area contributed by atoms with Gasteiger partial charge in [0.2, 0.25) is 15.9 Å². The van der Waals surface area contributed by atoms with E-state index in [2.05, 4.69) is 10.1 Å². The van der Waals surface area contributed by atoms with Crippen molar-refractivity contribution in [2.75, 3.05) is 18.8 Å². The number of halogens is 3. The molecule has 0 atom stereocenters. The lowest BCUT2D eigenvalue weighted by atomic mass is 9.97. The number of piperidine rings is 1. The summed E-state index contributed by atoms with van der Waals surface area (Å²) in [6, 6.07) is 5.59. The number of sulfonamides is 1. The molecule has 1 heterocycles. The van der Waals surface area contributed by atoms with Gasteiger partial charge in [-0.3, -0.25) is 4.79 Å². The molecule has 1 N–H and O–H groups in total. The normalized spacial score (nSPS) is 17.1. The maximum atomic E-state index is 12.4. The van der Waals surface area contributed by atoms with Crippen LogP contribution in [0, 0.1) is 5.92 Å². The van der Waals surface area contributed by atoms with Gasteiger partial charge >= 0.3 is 6.36 Å². The summed E-state index contributed by atoms with van der Waals surface area (Å²) in [5.74, 6) is -1.02. The first-order valence-electron chi connectivity index (χ1n) is 8.21. The van der Waals surface area contributed by atoms with E-state index in [-0.39, 0.29) is 48.5 Å². The number of carbonyl (C=O) groups is 1. The van der Waals surface area contributed by atoms with E-state index in [4.69, 9.17) is 0 Å². The SMILES string of the molecule is CCS(=O)(=O)N1CCC(C(=O)NCc2ccccc2OC(F)(F)F)CC1. The van der Waals surface area contributed by atoms with Gasteiger partial charge in [0, 0.05) is 31.1 Å². The van der Waals surface area contributed by atoms with E-state index in [1.807, 2.05) is 0 Å². The molecule has 1 aromatic rings. The van der Waals surface area contributed by atoms with Crippen LogP contribution in [0.15, 0.2) is 24.3 Å². The lowest BCUT2D eigenvalue weighted by molar-refractivity contribution is -0.274. The zero-order valence-corrected chi connectivity index (χ0v) is 15.1. The fourth-order valence-electron chi connectivity index (χ4n) is 2.78. The Morgan fingerprint density at radius 2 is 1.88 bits per heavy atom. The number of hydrogen-bond acceptors (Lipinski definition) is 4. The number of ether oxygens (including phenoxy) is 1. The smallest absolute Gasteiger partial charge is 0.405 e. The maximum absolute atomic E-state index is 12.4. The molecule has 26 heavy (non-hydrogen) atoms. The van der Waals surface area contributed by atoms with E-state index in [1.165, 1.54) is 22.5 Å². The average Bonchev–Trinajstić information content (AvgIpc) is 2.59. The average molecular weight is 394 g/mol. The van der Waals surface area contributed by atoms with Gasteiger partial charge in [-0.05, 0) is 25.8 Å². The summed E-state index contributed by atoms with van der Waals surface area (Å²) in [5.41, 5.74) is 0.212. The predicted molar refractivity (Wildman–Crippen MR) is 88.7 cm³/mol. The van der Waals surface area contributed by atoms with Gasteiger partial charge in [-0.15, -0.1) is 13.2 Å². The summed E-state index contributed by atoms with van der Waals surface area (Å²) in [5, 5.41) is 2.61. The molecule has 6 nitrogen and oxygen atoms in total. The van der Waals surface area contributed by atoms with Crippen molar-refractivity contribution in [2.24, 2.45) is 5.92 Å². The van der Waals surface area contributed by atoms with Crippen molar-refractivity contribution in [3.63, 3.8) is 0 Å². The summed E-state index contributed by atoms with van der Waals surface area (Å²) in [7, 11) is -3.27. The molecule has 2 rings (SSSR count). The number of nitrogens with zero attached hydrogens (tertiary/aromatic N) is 1. The molecule has 1 saturated heterocycles. The van der Waals surface area contributed by atoms with Gasteiger partial charge in [-0.2, -0.15) is 0 Å². The zero-order valence-electron chi connectivity index (χ0n) is 14.3. The minimum atomic E-state index is -4.81. The minimum absolute atomic E-state index is 0.0137. The third-order valence-electron chi connectivity index (χ3n) is 4.23. The van der Waals surface area contributed by atoms with Crippen LogP contribution in [0.25, 0.3) is 0 Å². The van der Waals surface area contributed by atoms with Gasteiger partial charge in [0.05, 0.1) is 5.75 Å². The molecule has 0 aliphatic carbocycles. The Balaban J connectivity index is 1.91. The van der Waals surface area contributed by atoms with Crippen molar-refractivity contribution in [3.8, 4) is 5.75 Å². The van der Waals surface area contributed by atoms with E-state index in [9.17, 15) is 26.4 Å². The lowest BCUT2D eigenvalue weighted by Crippen LogP contribution is -2.43. The molecule has 146 valence electrons. The standard InChI is InChI=1S/C16H21F3N2O4S/c1-2-26(23,24)21-9-7-12(8-10-21)15(22)20-11-13-5-3-4-6-14(13)25-16(17,18)19/h3-6,12H,2,7-11H2,1H3,(H,20,22). The molecule has 0 bridgehead atoms. The third-order valence-corrected chi connectivity index (χ3v) is 6.12. The molecule has 1 aliphatic heterocycles. The molecular weight excluding hydrogens is 373 g/mol. The molecule has 0 aromatic heterocycles. The Labute approximate surface area is 150 Å². The van der Waals surface area contributed by atoms with E-state index in [0.717, 1.165) is 0 Å². The topological polar surface area (TPSA) is 75.7 Å². The molecule has 0 radical (unpaired) electrons. The summed E-state index contributed by atoms with van der Waals surface area (Å²) in [6.45, 7) is 2.00. The number of benzene rings is 1. The van der Waals surface area contributed by atoms with Crippen molar-refractivity contribution in [3.05, 3.63) is 29.8 Å². The van der Waals surface area contributed by atoms with Crippen LogP contribution < -0.4 is 10.1 Å². The van der Waals surface area contributed by atoms with Gasteiger partial charge in [0.25, 0.3) is 0 Å². The number of para-hydroxylation sites is 1. The van der Waals surface area contributed by atoms with Gasteiger partial charge in [0.15, 0.2) is 0 Å². The second-order valence-corrected chi connectivity index (χ2v) is 8.20. The molecule has 0 unspecified atom stereocenters. The van der Waals surface area contributed by atoms with E-state index < -0.39 is 16.4 Å². The number of nitrogens with one attached hydrogen (secondary N) is 1. The first kappa shape index (κ1) is 20.5. The Morgan fingerprint density at radius 3 is 2.46 bits per heavy atom. The maximum Gasteiger partial charge on any atom is 0.573 e. The fourth-order valence-corrected chi connectivity index (χ4v) is 3.91. The molecule has 1 aromatic carbocycles. The Hall–Kier alpha value is -1.81. The van der Waals surface area contributed by atoms with Crippen LogP contribution in [0.2, 0.25) is 0 Å². The van der Waals surface area contributed by atoms with Crippen LogP contribution in [-0.2, 0) is 21.4 Å². The van der Waals surface area contributed by atoms with Gasteiger partial charge in [0.1, 0.15) is 5.75 Å². The monoisotopic (exact) mass is 394 g/mol. The second kappa shape index (κ2) is 8.26. The van der Waals surface area contributed by atoms with Crippen molar-refractivity contribution >= 4 is 15.9 Å². The molecular formula is C16H21F3N2O4S. The predicted octanol–water partition coefficient (Wildman–Crippen LogP) is 2.26. The van der Waals surface area contributed by atoms with Gasteiger partial charge in [-0.25, -0.2) is 12.7 Å². The number of amides is 1. The first-order valence-corrected chi connectivity index (χ1v) is 9.82. The minimum Gasteiger partial charge on any atom is -0.405 e. The second-order valence-electron chi connectivity index (χ2n) is 5.95. The largest absolute Gasteiger partial charge is 0.573 e. The highest BCUT2D eigenvalue weighted by Gasteiger charge is 2.32. The van der Waals surface area contributed by atoms with E-state index in [1.54, 1.807) is 13.0 Å². The van der Waals surface area contributed by atoms with Crippen LogP contribution in [0.3, 0.4) is 0 Å². The highest BCUT2D eigenvalue weighted by Crippen LogP contribution is 2.26. The molecule has 1 fully saturated rings. The third kappa shape index (κ3) is 5.60. The highest BCUT2D eigenvalue weighted by molar-refractivity contribution is 7.89. The Kier molecular flexibility index (Phi) is 6.51. The van der Waals surface area contributed by atoms with Crippen LogP contribution in [-0.4, -0.2) is 43.8 Å². The van der Waals surface area contributed by atoms with Crippen molar-refractivity contribution in [1.29, 1.82) is 0 Å². The highest BCUT2D eigenvalue weighted by atomic mass is 32.2. The molecule has 10 heteroatoms. The molecule has 1 amide bonds. The van der Waals surface area contributed by atoms with Gasteiger partial charge in [-0.1, -0.05) is 18.2 Å². The van der Waals surface area contributed by atoms with Crippen molar-refractivity contribution < 1.29 is 31.1 Å². The van der Waals surface area contributed by atoms with Crippen LogP contribution in [0.5, 0.6) is 5.75 Å². The summed E-state index contributed by atoms with van der Waals surface area (Å²) < 4.78 is 66.2. The van der Waals surface area contributed by atoms with Crippen LogP contribution in [0.4, 0.5) is 13.2 Å². The quantitative estimate of drug-likeness (QED) is 0.803. The van der Waals surface area contributed by atoms with Gasteiger partial charge < -0.3 is 10.1 Å². The lowest BCUT2D eigenvalue weighted by Gasteiger charge is -2.30. The summed E-state index contributed by atoms with van der Waals surface area (Å²) >= 11 is 0. The van der Waals surface area contributed by atoms with Crippen molar-refractivity contribution in [1.82, 2.24) is 9.62 Å². The van der Waals surface area contributed by atoms with Crippen LogP contribution >= 0.6 is 0 Å². The first-order chi connectivity index (χ1) is 12.1. The fraction of sp³-hybridized carbons (Fsp3) is 0.562. The van der Waals surface area contributed by atoms with Crippen LogP contribution in [0.1, 0.15) is 25.3 Å². The zero-order chi connectivity index (χ0) is 19.4. The number of rotatable bonds is 6. The summed E-state index contributed by atoms with van der Waals surface area (Å²) in [6.07, 6.45) is -4.05. The molecule has 0 spiro atoms. The number of hydrogen-bond donors (Lipinski definition) is 1. The van der Waals surface area contributed by atoms with E-state index >= 15 is 0 Å². The van der Waals surface area contributed by atoms with Crippen molar-refractivity contribution in [2.45, 2.75) is 32.7 Å². The Bertz CT molecular complexity index is 729. The van der Waals surface area contributed by atoms with E-state index in [0.29, 0.717) is 12.8 Å². The summed E-state index contributed by atoms with van der Waals surface area (Å²) in [4.78, 5) is 12.3. The number of alkyl halides is 3. The Morgan fingerprint density at radius 1 is 1.27 bits per heavy atom.